The van der Waals surface area contributed by atoms with Crippen LogP contribution in [0.1, 0.15) is 25.3 Å². The summed E-state index contributed by atoms with van der Waals surface area (Å²) in [4.78, 5) is 22.6. The average Bonchev–Trinajstić information content (AvgIpc) is 3.28. The Balaban J connectivity index is 2.13. The van der Waals surface area contributed by atoms with Crippen molar-refractivity contribution in [2.75, 3.05) is 0 Å². The fourth-order valence-electron chi connectivity index (χ4n) is 1.74. The Bertz CT molecular complexity index is 656. The predicted octanol–water partition coefficient (Wildman–Crippen LogP) is 1.72. The minimum atomic E-state index is -1.07. The first-order chi connectivity index (χ1) is 10.5. The molecule has 0 saturated heterocycles. The van der Waals surface area contributed by atoms with Crippen LogP contribution in [0.4, 0.5) is 0 Å². The summed E-state index contributed by atoms with van der Waals surface area (Å²) >= 11 is 0. The Morgan fingerprint density at radius 1 is 1.50 bits per heavy atom. The molecular weight excluding hydrogens is 284 g/mol. The number of aliphatic carboxylic acids is 1. The first kappa shape index (κ1) is 15.6. The molecule has 1 aromatic rings. The van der Waals surface area contributed by atoms with E-state index in [0.717, 1.165) is 12.8 Å². The topological polar surface area (TPSA) is 99.4 Å². The molecule has 1 atom stereocenters. The maximum atomic E-state index is 11.9. The van der Waals surface area contributed by atoms with Crippen molar-refractivity contribution in [2.45, 2.75) is 31.9 Å². The van der Waals surface area contributed by atoms with Crippen molar-refractivity contribution in [3.8, 4) is 11.8 Å². The lowest BCUT2D eigenvalue weighted by Gasteiger charge is -2.10. The Morgan fingerprint density at radius 2 is 2.23 bits per heavy atom. The van der Waals surface area contributed by atoms with Crippen LogP contribution in [0, 0.1) is 11.3 Å². The fourth-order valence-corrected chi connectivity index (χ4v) is 1.74. The van der Waals surface area contributed by atoms with Crippen molar-refractivity contribution >= 4 is 18.0 Å². The van der Waals surface area contributed by atoms with Gasteiger partial charge in [0.25, 0.3) is 5.91 Å². The SMILES string of the molecule is C[C@H](Oc1cccc(/C=C(\C#N)C(=O)NC2CC2)c1)C(=O)O. The van der Waals surface area contributed by atoms with Gasteiger partial charge in [-0.3, -0.25) is 4.79 Å². The number of nitriles is 1. The van der Waals surface area contributed by atoms with E-state index in [-0.39, 0.29) is 11.6 Å². The lowest BCUT2D eigenvalue weighted by atomic mass is 10.1. The lowest BCUT2D eigenvalue weighted by Crippen LogP contribution is -2.26. The molecule has 0 spiro atoms. The Kier molecular flexibility index (Phi) is 4.79. The van der Waals surface area contributed by atoms with Gasteiger partial charge in [0.05, 0.1) is 0 Å². The van der Waals surface area contributed by atoms with Gasteiger partial charge in [0.2, 0.25) is 0 Å². The van der Waals surface area contributed by atoms with Crippen LogP contribution in [0.15, 0.2) is 29.8 Å². The zero-order valence-corrected chi connectivity index (χ0v) is 12.1. The average molecular weight is 300 g/mol. The lowest BCUT2D eigenvalue weighted by molar-refractivity contribution is -0.144. The summed E-state index contributed by atoms with van der Waals surface area (Å²) in [5.41, 5.74) is 0.605. The summed E-state index contributed by atoms with van der Waals surface area (Å²) in [5.74, 6) is -1.10. The summed E-state index contributed by atoms with van der Waals surface area (Å²) < 4.78 is 5.25. The van der Waals surface area contributed by atoms with Crippen molar-refractivity contribution in [3.05, 3.63) is 35.4 Å². The molecule has 114 valence electrons. The van der Waals surface area contributed by atoms with Gasteiger partial charge in [0, 0.05) is 6.04 Å². The Hall–Kier alpha value is -2.81. The predicted molar refractivity (Wildman–Crippen MR) is 78.9 cm³/mol. The molecule has 1 aromatic carbocycles. The second-order valence-corrected chi connectivity index (χ2v) is 5.09. The van der Waals surface area contributed by atoms with E-state index in [9.17, 15) is 9.59 Å². The van der Waals surface area contributed by atoms with Gasteiger partial charge >= 0.3 is 5.97 Å². The first-order valence-electron chi connectivity index (χ1n) is 6.92. The van der Waals surface area contributed by atoms with Crippen LogP contribution in [0.5, 0.6) is 5.75 Å². The molecule has 0 unspecified atom stereocenters. The molecule has 6 nitrogen and oxygen atoms in total. The minimum Gasteiger partial charge on any atom is -0.479 e. The van der Waals surface area contributed by atoms with E-state index in [0.29, 0.717) is 11.3 Å². The van der Waals surface area contributed by atoms with E-state index in [1.54, 1.807) is 24.3 Å². The summed E-state index contributed by atoms with van der Waals surface area (Å²) in [7, 11) is 0. The van der Waals surface area contributed by atoms with Crippen molar-refractivity contribution in [1.82, 2.24) is 5.32 Å². The Labute approximate surface area is 128 Å². The second-order valence-electron chi connectivity index (χ2n) is 5.09. The van der Waals surface area contributed by atoms with Gasteiger partial charge in [-0.2, -0.15) is 5.26 Å². The highest BCUT2D eigenvalue weighted by Gasteiger charge is 2.24. The molecule has 1 fully saturated rings. The molecule has 1 aliphatic carbocycles. The number of nitrogens with one attached hydrogen (secondary N) is 1. The highest BCUT2D eigenvalue weighted by molar-refractivity contribution is 6.02. The monoisotopic (exact) mass is 300 g/mol. The molecule has 0 radical (unpaired) electrons. The molecule has 2 N–H and O–H groups in total. The van der Waals surface area contributed by atoms with Crippen molar-refractivity contribution in [3.63, 3.8) is 0 Å². The molecule has 1 amide bonds. The number of benzene rings is 1. The number of ether oxygens (including phenoxy) is 1. The van der Waals surface area contributed by atoms with Gasteiger partial charge in [-0.1, -0.05) is 12.1 Å². The molecule has 6 heteroatoms. The van der Waals surface area contributed by atoms with E-state index in [1.807, 2.05) is 6.07 Å². The van der Waals surface area contributed by atoms with Crippen LogP contribution in [0.2, 0.25) is 0 Å². The van der Waals surface area contributed by atoms with Gasteiger partial charge in [-0.05, 0) is 43.5 Å². The maximum Gasteiger partial charge on any atom is 0.344 e. The second kappa shape index (κ2) is 6.76. The first-order valence-corrected chi connectivity index (χ1v) is 6.92. The number of carbonyl (C=O) groups is 2. The molecule has 2 rings (SSSR count). The van der Waals surface area contributed by atoms with E-state index in [2.05, 4.69) is 5.32 Å². The molecule has 0 aromatic heterocycles. The molecule has 0 heterocycles. The number of carboxylic acids is 1. The standard InChI is InChI=1S/C16H16N2O4/c1-10(16(20)21)22-14-4-2-3-11(8-14)7-12(9-17)15(19)18-13-5-6-13/h2-4,7-8,10,13H,5-6H2,1H3,(H,18,19)(H,20,21)/b12-7+/t10-/m0/s1. The quantitative estimate of drug-likeness (QED) is 0.615. The number of carboxylic acid groups (broad SMARTS) is 1. The third kappa shape index (κ3) is 4.35. The van der Waals surface area contributed by atoms with Crippen molar-refractivity contribution < 1.29 is 19.4 Å². The summed E-state index contributed by atoms with van der Waals surface area (Å²) in [5, 5.41) is 20.7. The van der Waals surface area contributed by atoms with Gasteiger partial charge in [-0.15, -0.1) is 0 Å². The summed E-state index contributed by atoms with van der Waals surface area (Å²) in [6.45, 7) is 1.43. The van der Waals surface area contributed by atoms with Crippen molar-refractivity contribution in [1.29, 1.82) is 5.26 Å². The third-order valence-electron chi connectivity index (χ3n) is 3.11. The van der Waals surface area contributed by atoms with Crippen LogP contribution in [-0.4, -0.2) is 29.1 Å². The van der Waals surface area contributed by atoms with Gasteiger partial charge in [-0.25, -0.2) is 4.79 Å². The third-order valence-corrected chi connectivity index (χ3v) is 3.11. The summed E-state index contributed by atoms with van der Waals surface area (Å²) in [6.07, 6.45) is 2.37. The van der Waals surface area contributed by atoms with E-state index in [4.69, 9.17) is 15.1 Å². The zero-order valence-electron chi connectivity index (χ0n) is 12.1. The molecule has 0 aliphatic heterocycles. The number of nitrogens with zero attached hydrogens (tertiary/aromatic N) is 1. The fraction of sp³-hybridized carbons (Fsp3) is 0.312. The van der Waals surface area contributed by atoms with E-state index in [1.165, 1.54) is 13.0 Å². The summed E-state index contributed by atoms with van der Waals surface area (Å²) in [6, 6.07) is 8.63. The number of rotatable bonds is 6. The number of hydrogen-bond acceptors (Lipinski definition) is 4. The molecular formula is C16H16N2O4. The highest BCUT2D eigenvalue weighted by Crippen LogP contribution is 2.20. The van der Waals surface area contributed by atoms with E-state index < -0.39 is 18.0 Å². The van der Waals surface area contributed by atoms with Crippen LogP contribution in [0.3, 0.4) is 0 Å². The molecule has 1 aliphatic rings. The van der Waals surface area contributed by atoms with Gasteiger partial charge in [0.1, 0.15) is 17.4 Å². The maximum absolute atomic E-state index is 11.9. The number of amides is 1. The van der Waals surface area contributed by atoms with E-state index >= 15 is 0 Å². The molecule has 22 heavy (non-hydrogen) atoms. The smallest absolute Gasteiger partial charge is 0.344 e. The largest absolute Gasteiger partial charge is 0.479 e. The van der Waals surface area contributed by atoms with Gasteiger partial charge in [0.15, 0.2) is 6.10 Å². The zero-order chi connectivity index (χ0) is 16.1. The number of carbonyl (C=O) groups excluding carboxylic acids is 1. The highest BCUT2D eigenvalue weighted by atomic mass is 16.5. The van der Waals surface area contributed by atoms with Crippen LogP contribution >= 0.6 is 0 Å². The van der Waals surface area contributed by atoms with Crippen LogP contribution in [0.25, 0.3) is 6.08 Å². The van der Waals surface area contributed by atoms with Crippen LogP contribution < -0.4 is 10.1 Å². The van der Waals surface area contributed by atoms with Crippen molar-refractivity contribution in [2.24, 2.45) is 0 Å². The Morgan fingerprint density at radius 3 is 2.82 bits per heavy atom. The van der Waals surface area contributed by atoms with Crippen LogP contribution in [-0.2, 0) is 9.59 Å². The van der Waals surface area contributed by atoms with Gasteiger partial charge < -0.3 is 15.2 Å². The molecule has 0 bridgehead atoms. The number of hydrogen-bond donors (Lipinski definition) is 2. The minimum absolute atomic E-state index is 0.00957. The normalized spacial score (nSPS) is 15.5. The molecule has 1 saturated carbocycles.